The molecule has 0 aromatic rings. The molecule has 0 aliphatic carbocycles. The fourth-order valence-corrected chi connectivity index (χ4v) is 2.52. The Kier molecular flexibility index (Phi) is 29.2. The van der Waals surface area contributed by atoms with Gasteiger partial charge in [-0.2, -0.15) is 0 Å². The summed E-state index contributed by atoms with van der Waals surface area (Å²) in [6.45, 7) is 7.66. The maximum Gasteiger partial charge on any atom is 0.0932 e. The highest BCUT2D eigenvalue weighted by molar-refractivity contribution is 4.48. The minimum absolute atomic E-state index is 0.226. The van der Waals surface area contributed by atoms with E-state index in [2.05, 4.69) is 21.3 Å². The topological polar surface area (TPSA) is 142 Å². The van der Waals surface area contributed by atoms with Gasteiger partial charge in [-0.3, -0.25) is 5.32 Å². The average molecular weight is 561 g/mol. The molecule has 0 aromatic heterocycles. The van der Waals surface area contributed by atoms with Crippen molar-refractivity contribution in [3.8, 4) is 0 Å². The molecule has 38 heavy (non-hydrogen) atoms. The van der Waals surface area contributed by atoms with Crippen molar-refractivity contribution in [1.82, 2.24) is 21.3 Å². The number of nitrogens with one attached hydrogen (secondary N) is 4. The first kappa shape index (κ1) is 30.4. The predicted molar refractivity (Wildman–Crippen MR) is 146 cm³/mol. The molecule has 0 aliphatic heterocycles. The van der Waals surface area contributed by atoms with Crippen molar-refractivity contribution in [1.29, 1.82) is 0 Å². The Morgan fingerprint density at radius 2 is 0.711 bits per heavy atom. The van der Waals surface area contributed by atoms with E-state index in [1.165, 1.54) is 0 Å². The van der Waals surface area contributed by atoms with Crippen LogP contribution in [0.1, 0.15) is 12.4 Å². The van der Waals surface area contributed by atoms with Gasteiger partial charge in [-0.1, -0.05) is 0 Å². The largest absolute Gasteiger partial charge is 0.381 e. The first-order valence-electron chi connectivity index (χ1n) is 15.7. The molecular weight excluding hydrogens is 500 g/mol. The van der Waals surface area contributed by atoms with Crippen LogP contribution in [0.15, 0.2) is 0 Å². The molecule has 13 heteroatoms. The smallest absolute Gasteiger partial charge is 0.0932 e. The van der Waals surface area contributed by atoms with Gasteiger partial charge in [0.2, 0.25) is 0 Å². The number of hydrogen-bond acceptors (Lipinski definition) is 13. The lowest BCUT2D eigenvalue weighted by molar-refractivity contribution is 0.0404. The standard InChI is InChI=1S/C25H56N4O9/c1-2-31-17-18-32-10-3-26-4-11-33-19-20-34-12-5-27-6-13-35-21-22-36-14-7-28-8-15-37-23-24-38-16-9-29-25-30/h26-30H,2-25H2,1H3/i4D,6D,8D,25D. The molecule has 0 radical (unpaired) electrons. The van der Waals surface area contributed by atoms with Crippen LogP contribution in [0.3, 0.4) is 0 Å². The van der Waals surface area contributed by atoms with Crippen molar-refractivity contribution < 1.29 is 48.5 Å². The maximum absolute atomic E-state index is 8.72. The lowest BCUT2D eigenvalue weighted by Gasteiger charge is -2.09. The number of aliphatic hydroxyl groups is 1. The van der Waals surface area contributed by atoms with Crippen LogP contribution in [0.2, 0.25) is 0 Å². The highest BCUT2D eigenvalue weighted by Gasteiger charge is 1.95. The summed E-state index contributed by atoms with van der Waals surface area (Å²) in [7, 11) is 0. The van der Waals surface area contributed by atoms with E-state index >= 15 is 0 Å². The van der Waals surface area contributed by atoms with Gasteiger partial charge in [0.25, 0.3) is 0 Å². The molecule has 0 saturated heterocycles. The molecule has 230 valence electrons. The van der Waals surface area contributed by atoms with Crippen LogP contribution in [0.4, 0.5) is 0 Å². The third kappa shape index (κ3) is 35.5. The first-order valence-corrected chi connectivity index (χ1v) is 13.4. The van der Waals surface area contributed by atoms with Crippen molar-refractivity contribution in [2.75, 3.05) is 158 Å². The Hall–Kier alpha value is -0.520. The Bertz CT molecular complexity index is 544. The van der Waals surface area contributed by atoms with Gasteiger partial charge >= 0.3 is 0 Å². The maximum atomic E-state index is 8.72. The Morgan fingerprint density at radius 3 is 1.03 bits per heavy atom. The molecule has 0 aromatic carbocycles. The highest BCUT2D eigenvalue weighted by atomic mass is 16.5. The van der Waals surface area contributed by atoms with E-state index in [-0.39, 0.29) is 19.8 Å². The molecule has 5 N–H and O–H groups in total. The SMILES string of the molecule is [2H]C(O)NCCOCCOCC([2H])NCCOCCOCC([2H])NCCOCCOCC([2H])NCCOCCOCC. The van der Waals surface area contributed by atoms with Crippen LogP contribution >= 0.6 is 0 Å². The molecule has 13 nitrogen and oxygen atoms in total. The molecule has 0 aliphatic rings. The van der Waals surface area contributed by atoms with E-state index in [4.69, 9.17) is 48.5 Å². The van der Waals surface area contributed by atoms with Crippen LogP contribution in [0.25, 0.3) is 0 Å². The van der Waals surface area contributed by atoms with Gasteiger partial charge < -0.3 is 59.0 Å². The monoisotopic (exact) mass is 560 g/mol. The minimum atomic E-state index is -1.30. The number of rotatable bonds is 35. The van der Waals surface area contributed by atoms with Gasteiger partial charge in [-0.25, -0.2) is 0 Å². The summed E-state index contributed by atoms with van der Waals surface area (Å²) >= 11 is 0. The van der Waals surface area contributed by atoms with E-state index in [0.29, 0.717) is 112 Å². The third-order valence-electron chi connectivity index (χ3n) is 4.38. The van der Waals surface area contributed by atoms with Crippen molar-refractivity contribution in [3.63, 3.8) is 0 Å². The molecule has 0 saturated carbocycles. The third-order valence-corrected chi connectivity index (χ3v) is 4.38. The van der Waals surface area contributed by atoms with Gasteiger partial charge in [0, 0.05) is 56.5 Å². The lowest BCUT2D eigenvalue weighted by atomic mass is 10.6. The predicted octanol–water partition coefficient (Wildman–Crippen LogP) is -1.55. The Morgan fingerprint density at radius 1 is 0.421 bits per heavy atom. The number of hydrogen-bond donors (Lipinski definition) is 5. The van der Waals surface area contributed by atoms with Gasteiger partial charge in [0.15, 0.2) is 0 Å². The van der Waals surface area contributed by atoms with Gasteiger partial charge in [-0.15, -0.1) is 0 Å². The zero-order valence-corrected chi connectivity index (χ0v) is 23.2. The van der Waals surface area contributed by atoms with Crippen LogP contribution in [-0.2, 0) is 37.9 Å². The van der Waals surface area contributed by atoms with Crippen molar-refractivity contribution in [2.45, 2.75) is 6.92 Å². The van der Waals surface area contributed by atoms with Crippen LogP contribution < -0.4 is 21.3 Å². The van der Waals surface area contributed by atoms with Gasteiger partial charge in [0.1, 0.15) is 0 Å². The molecule has 4 atom stereocenters. The summed E-state index contributed by atoms with van der Waals surface area (Å²) in [6, 6.07) is 0. The molecule has 0 rings (SSSR count). The summed E-state index contributed by atoms with van der Waals surface area (Å²) < 4.78 is 73.5. The minimum Gasteiger partial charge on any atom is -0.381 e. The summed E-state index contributed by atoms with van der Waals surface area (Å²) in [5.41, 5.74) is 0. The Labute approximate surface area is 235 Å². The Balaban J connectivity index is 3.31. The summed E-state index contributed by atoms with van der Waals surface area (Å²) in [6.07, 6.45) is 0. The van der Waals surface area contributed by atoms with Crippen LogP contribution in [0, 0.1) is 0 Å². The van der Waals surface area contributed by atoms with Gasteiger partial charge in [-0.05, 0) is 6.92 Å². The molecule has 0 fully saturated rings. The molecule has 0 spiro atoms. The van der Waals surface area contributed by atoms with Crippen molar-refractivity contribution in [2.24, 2.45) is 0 Å². The van der Waals surface area contributed by atoms with Gasteiger partial charge in [0.05, 0.1) is 107 Å². The second-order valence-electron chi connectivity index (χ2n) is 7.43. The first-order chi connectivity index (χ1) is 20.5. The van der Waals surface area contributed by atoms with E-state index in [9.17, 15) is 0 Å². The van der Waals surface area contributed by atoms with Crippen LogP contribution in [-0.4, -0.2) is 163 Å². The molecular formula is C25H56N4O9. The van der Waals surface area contributed by atoms with E-state index < -0.39 is 26.3 Å². The molecule has 0 bridgehead atoms. The fourth-order valence-electron chi connectivity index (χ4n) is 2.52. The highest BCUT2D eigenvalue weighted by Crippen LogP contribution is 1.82. The normalized spacial score (nSPS) is 16.4. The average Bonchev–Trinajstić information content (AvgIpc) is 2.96. The van der Waals surface area contributed by atoms with Crippen LogP contribution in [0.5, 0.6) is 0 Å². The summed E-state index contributed by atoms with van der Waals surface area (Å²) in [5, 5.41) is 20.2. The lowest BCUT2D eigenvalue weighted by Crippen LogP contribution is -2.26. The zero-order valence-electron chi connectivity index (χ0n) is 27.2. The summed E-state index contributed by atoms with van der Waals surface area (Å²) in [5.74, 6) is 0. The fraction of sp³-hybridized carbons (Fsp3) is 1.00. The number of aliphatic hydroxyl groups excluding tert-OH is 1. The second-order valence-corrected chi connectivity index (χ2v) is 7.43. The zero-order chi connectivity index (χ0) is 30.9. The molecule has 4 unspecified atom stereocenters. The second kappa shape index (κ2) is 36.5. The summed E-state index contributed by atoms with van der Waals surface area (Å²) in [4.78, 5) is 0. The molecule has 0 heterocycles. The van der Waals surface area contributed by atoms with E-state index in [1.54, 1.807) is 0 Å². The number of ether oxygens (including phenoxy) is 8. The molecule has 0 amide bonds. The quantitative estimate of drug-likeness (QED) is 0.0451. The van der Waals surface area contributed by atoms with E-state index in [0.717, 1.165) is 0 Å². The van der Waals surface area contributed by atoms with E-state index in [1.807, 2.05) is 6.92 Å². The van der Waals surface area contributed by atoms with Crippen molar-refractivity contribution >= 4 is 0 Å². The van der Waals surface area contributed by atoms with Crippen molar-refractivity contribution in [3.05, 3.63) is 0 Å².